The molecular weight excluding hydrogens is 230 g/mol. The van der Waals surface area contributed by atoms with Crippen LogP contribution in [0, 0.1) is 0 Å². The van der Waals surface area contributed by atoms with Crippen molar-refractivity contribution in [3.63, 3.8) is 0 Å². The zero-order valence-corrected chi connectivity index (χ0v) is 9.71. The van der Waals surface area contributed by atoms with Crippen molar-refractivity contribution < 1.29 is 15.0 Å². The van der Waals surface area contributed by atoms with Gasteiger partial charge in [0.25, 0.3) is 0 Å². The van der Waals surface area contributed by atoms with Gasteiger partial charge >= 0.3 is 0 Å². The molecule has 1 aliphatic rings. The van der Waals surface area contributed by atoms with Gasteiger partial charge in [-0.15, -0.1) is 0 Å². The Kier molecular flexibility index (Phi) is 2.45. The Labute approximate surface area is 104 Å². The minimum atomic E-state index is -0.606. The summed E-state index contributed by atoms with van der Waals surface area (Å²) in [5.41, 5.74) is 0.741. The van der Waals surface area contributed by atoms with E-state index < -0.39 is 6.10 Å². The third-order valence-corrected chi connectivity index (χ3v) is 3.27. The number of amides is 1. The van der Waals surface area contributed by atoms with Gasteiger partial charge in [0, 0.05) is 10.8 Å². The van der Waals surface area contributed by atoms with E-state index in [-0.39, 0.29) is 18.1 Å². The number of phenolic OH excluding ortho intramolecular Hbond substituents is 1. The molecule has 92 valence electrons. The number of rotatable bonds is 1. The molecule has 18 heavy (non-hydrogen) atoms. The van der Waals surface area contributed by atoms with Crippen molar-refractivity contribution >= 4 is 22.4 Å². The summed E-state index contributed by atoms with van der Waals surface area (Å²) in [5, 5.41) is 20.9. The fraction of sp³-hybridized carbons (Fsp3) is 0.214. The smallest absolute Gasteiger partial charge is 0.229 e. The second-order valence-corrected chi connectivity index (χ2v) is 4.51. The van der Waals surface area contributed by atoms with Crippen LogP contribution in [0.3, 0.4) is 0 Å². The first kappa shape index (κ1) is 11.0. The van der Waals surface area contributed by atoms with Crippen molar-refractivity contribution in [1.82, 2.24) is 0 Å². The van der Waals surface area contributed by atoms with Crippen LogP contribution in [0.5, 0.6) is 5.75 Å². The minimum Gasteiger partial charge on any atom is -0.507 e. The summed E-state index contributed by atoms with van der Waals surface area (Å²) >= 11 is 0. The maximum atomic E-state index is 11.8. The lowest BCUT2D eigenvalue weighted by Gasteiger charge is -2.18. The maximum absolute atomic E-state index is 11.8. The molecule has 1 fully saturated rings. The average Bonchev–Trinajstić information content (AvgIpc) is 2.68. The van der Waals surface area contributed by atoms with Gasteiger partial charge in [0.1, 0.15) is 5.75 Å². The Bertz CT molecular complexity index is 623. The van der Waals surface area contributed by atoms with E-state index in [0.717, 1.165) is 11.1 Å². The molecule has 1 unspecified atom stereocenters. The van der Waals surface area contributed by atoms with Crippen molar-refractivity contribution in [2.75, 3.05) is 11.4 Å². The summed E-state index contributed by atoms with van der Waals surface area (Å²) in [4.78, 5) is 13.4. The lowest BCUT2D eigenvalue weighted by molar-refractivity contribution is -0.117. The predicted octanol–water partition coefficient (Wildman–Crippen LogP) is 1.64. The van der Waals surface area contributed by atoms with Gasteiger partial charge in [-0.05, 0) is 12.1 Å². The fourth-order valence-corrected chi connectivity index (χ4v) is 2.43. The van der Waals surface area contributed by atoms with Crippen LogP contribution in [0.25, 0.3) is 10.8 Å². The number of anilines is 1. The van der Waals surface area contributed by atoms with Crippen molar-refractivity contribution in [2.24, 2.45) is 0 Å². The summed E-state index contributed by atoms with van der Waals surface area (Å²) in [7, 11) is 0. The summed E-state index contributed by atoms with van der Waals surface area (Å²) in [6.45, 7) is 0.313. The van der Waals surface area contributed by atoms with Gasteiger partial charge < -0.3 is 15.1 Å². The summed E-state index contributed by atoms with van der Waals surface area (Å²) in [6, 6.07) is 10.7. The first-order chi connectivity index (χ1) is 8.66. The summed E-state index contributed by atoms with van der Waals surface area (Å²) in [5.74, 6) is 0.111. The highest BCUT2D eigenvalue weighted by molar-refractivity contribution is 6.06. The lowest BCUT2D eigenvalue weighted by Crippen LogP contribution is -2.25. The van der Waals surface area contributed by atoms with Crippen LogP contribution in [0.1, 0.15) is 6.42 Å². The number of aliphatic hydroxyl groups is 1. The maximum Gasteiger partial charge on any atom is 0.229 e. The van der Waals surface area contributed by atoms with Gasteiger partial charge in [0.2, 0.25) is 5.91 Å². The standard InChI is InChI=1S/C14H13NO3/c16-9-7-14(18)15(8-9)12-5-1-4-11-10(12)3-2-6-13(11)17/h1-6,9,16-17H,7-8H2. The van der Waals surface area contributed by atoms with Gasteiger partial charge in [-0.2, -0.15) is 0 Å². The molecular formula is C14H13NO3. The Hall–Kier alpha value is -2.07. The summed E-state index contributed by atoms with van der Waals surface area (Å²) in [6.07, 6.45) is -0.445. The van der Waals surface area contributed by atoms with Crippen LogP contribution < -0.4 is 4.90 Å². The highest BCUT2D eigenvalue weighted by atomic mass is 16.3. The quantitative estimate of drug-likeness (QED) is 0.800. The van der Waals surface area contributed by atoms with Crippen LogP contribution >= 0.6 is 0 Å². The van der Waals surface area contributed by atoms with Crippen LogP contribution in [-0.4, -0.2) is 28.8 Å². The SMILES string of the molecule is O=C1CC(O)CN1c1cccc2c(O)cccc12. The number of benzene rings is 2. The van der Waals surface area contributed by atoms with E-state index in [1.54, 1.807) is 23.1 Å². The normalized spacial score (nSPS) is 19.7. The Balaban J connectivity index is 2.18. The topological polar surface area (TPSA) is 60.8 Å². The number of hydrogen-bond acceptors (Lipinski definition) is 3. The predicted molar refractivity (Wildman–Crippen MR) is 68.6 cm³/mol. The van der Waals surface area contributed by atoms with Crippen LogP contribution in [0.15, 0.2) is 36.4 Å². The van der Waals surface area contributed by atoms with Crippen molar-refractivity contribution in [3.8, 4) is 5.75 Å². The molecule has 0 radical (unpaired) electrons. The minimum absolute atomic E-state index is 0.0849. The average molecular weight is 243 g/mol. The Morgan fingerprint density at radius 2 is 1.83 bits per heavy atom. The fourth-order valence-electron chi connectivity index (χ4n) is 2.43. The molecule has 0 spiro atoms. The molecule has 2 aromatic carbocycles. The molecule has 0 aliphatic carbocycles. The van der Waals surface area contributed by atoms with E-state index in [1.165, 1.54) is 0 Å². The lowest BCUT2D eigenvalue weighted by atomic mass is 10.1. The third kappa shape index (κ3) is 1.62. The molecule has 2 aromatic rings. The molecule has 0 aromatic heterocycles. The van der Waals surface area contributed by atoms with E-state index in [1.807, 2.05) is 18.2 Å². The van der Waals surface area contributed by atoms with E-state index in [9.17, 15) is 15.0 Å². The number of aromatic hydroxyl groups is 1. The molecule has 3 rings (SSSR count). The Morgan fingerprint density at radius 1 is 1.11 bits per heavy atom. The molecule has 0 bridgehead atoms. The largest absolute Gasteiger partial charge is 0.507 e. The monoisotopic (exact) mass is 243 g/mol. The van der Waals surface area contributed by atoms with Crippen molar-refractivity contribution in [1.29, 1.82) is 0 Å². The van der Waals surface area contributed by atoms with Crippen molar-refractivity contribution in [2.45, 2.75) is 12.5 Å². The third-order valence-electron chi connectivity index (χ3n) is 3.27. The van der Waals surface area contributed by atoms with Gasteiger partial charge in [-0.3, -0.25) is 4.79 Å². The second kappa shape index (κ2) is 3.99. The van der Waals surface area contributed by atoms with Crippen LogP contribution in [0.4, 0.5) is 5.69 Å². The zero-order valence-electron chi connectivity index (χ0n) is 9.71. The highest BCUT2D eigenvalue weighted by Crippen LogP contribution is 2.33. The molecule has 1 saturated heterocycles. The number of carbonyl (C=O) groups is 1. The summed E-state index contributed by atoms with van der Waals surface area (Å²) < 4.78 is 0. The number of fused-ring (bicyclic) bond motifs is 1. The molecule has 0 saturated carbocycles. The van der Waals surface area contributed by atoms with Crippen LogP contribution in [-0.2, 0) is 4.79 Å². The molecule has 1 atom stereocenters. The number of hydrogen-bond donors (Lipinski definition) is 2. The van der Waals surface area contributed by atoms with E-state index in [0.29, 0.717) is 11.9 Å². The Morgan fingerprint density at radius 3 is 2.56 bits per heavy atom. The molecule has 4 heteroatoms. The van der Waals surface area contributed by atoms with Crippen LogP contribution in [0.2, 0.25) is 0 Å². The van der Waals surface area contributed by atoms with E-state index >= 15 is 0 Å². The first-order valence-corrected chi connectivity index (χ1v) is 5.86. The van der Waals surface area contributed by atoms with E-state index in [2.05, 4.69) is 0 Å². The highest BCUT2D eigenvalue weighted by Gasteiger charge is 2.29. The van der Waals surface area contributed by atoms with Gasteiger partial charge in [-0.25, -0.2) is 0 Å². The number of nitrogens with zero attached hydrogens (tertiary/aromatic N) is 1. The number of carbonyl (C=O) groups excluding carboxylic acids is 1. The van der Waals surface area contributed by atoms with Crippen molar-refractivity contribution in [3.05, 3.63) is 36.4 Å². The molecule has 4 nitrogen and oxygen atoms in total. The second-order valence-electron chi connectivity index (χ2n) is 4.51. The molecule has 2 N–H and O–H groups in total. The zero-order chi connectivity index (χ0) is 12.7. The molecule has 1 aliphatic heterocycles. The number of aliphatic hydroxyl groups excluding tert-OH is 1. The van der Waals surface area contributed by atoms with Gasteiger partial charge in [0.15, 0.2) is 0 Å². The first-order valence-electron chi connectivity index (χ1n) is 5.86. The number of β-amino-alcohol motifs (C(OH)–C–C–N with tert-alkyl or cyclic N) is 1. The van der Waals surface area contributed by atoms with Gasteiger partial charge in [-0.1, -0.05) is 24.3 Å². The molecule has 1 heterocycles. The molecule has 1 amide bonds. The van der Waals surface area contributed by atoms with Gasteiger partial charge in [0.05, 0.1) is 24.8 Å². The van der Waals surface area contributed by atoms with E-state index in [4.69, 9.17) is 0 Å². The number of phenols is 1.